The standard InChI is InChI=1S/C16H18ClF3N6OS/c1-9(25-4-6-26(7-5-25)15-23-14(21)24-28-15)13(27)22-10-2-3-12(17)11(8-10)16(18,19)20/h2-3,8-9H,4-7H2,1H3,(H2,21,24)(H,22,27)/t9-/m1/s1. The molecule has 1 saturated heterocycles. The van der Waals surface area contributed by atoms with E-state index in [0.717, 1.165) is 17.3 Å². The molecule has 2 heterocycles. The summed E-state index contributed by atoms with van der Waals surface area (Å²) in [6, 6.07) is 2.80. The van der Waals surface area contributed by atoms with Crippen LogP contribution in [0, 0.1) is 0 Å². The summed E-state index contributed by atoms with van der Waals surface area (Å²) in [5.41, 5.74) is 4.61. The second-order valence-electron chi connectivity index (χ2n) is 6.32. The second-order valence-corrected chi connectivity index (χ2v) is 7.45. The maximum atomic E-state index is 13.0. The Labute approximate surface area is 168 Å². The lowest BCUT2D eigenvalue weighted by molar-refractivity contribution is -0.137. The number of amides is 1. The zero-order valence-electron chi connectivity index (χ0n) is 14.8. The monoisotopic (exact) mass is 434 g/mol. The number of alkyl halides is 3. The van der Waals surface area contributed by atoms with Crippen molar-refractivity contribution < 1.29 is 18.0 Å². The Bertz CT molecular complexity index is 853. The van der Waals surface area contributed by atoms with E-state index < -0.39 is 22.8 Å². The quantitative estimate of drug-likeness (QED) is 0.769. The van der Waals surface area contributed by atoms with E-state index in [1.807, 2.05) is 9.80 Å². The number of aromatic nitrogens is 2. The third kappa shape index (κ3) is 4.65. The minimum absolute atomic E-state index is 0.0524. The molecule has 1 aromatic carbocycles. The molecule has 0 bridgehead atoms. The molecule has 0 unspecified atom stereocenters. The van der Waals surface area contributed by atoms with Gasteiger partial charge in [-0.25, -0.2) is 0 Å². The van der Waals surface area contributed by atoms with Crippen molar-refractivity contribution in [3.63, 3.8) is 0 Å². The van der Waals surface area contributed by atoms with Gasteiger partial charge in [0.2, 0.25) is 17.0 Å². The van der Waals surface area contributed by atoms with E-state index in [2.05, 4.69) is 14.7 Å². The molecule has 3 rings (SSSR count). The molecule has 1 fully saturated rings. The lowest BCUT2D eigenvalue weighted by Gasteiger charge is -2.37. The van der Waals surface area contributed by atoms with Crippen LogP contribution in [0.15, 0.2) is 18.2 Å². The van der Waals surface area contributed by atoms with Gasteiger partial charge in [-0.15, -0.1) is 0 Å². The number of nitrogens with one attached hydrogen (secondary N) is 1. The number of rotatable bonds is 4. The molecule has 12 heteroatoms. The highest BCUT2D eigenvalue weighted by molar-refractivity contribution is 7.09. The van der Waals surface area contributed by atoms with Gasteiger partial charge in [0.1, 0.15) is 0 Å². The van der Waals surface area contributed by atoms with Crippen LogP contribution in [-0.2, 0) is 11.0 Å². The fourth-order valence-electron chi connectivity index (χ4n) is 2.89. The van der Waals surface area contributed by atoms with Crippen molar-refractivity contribution in [2.24, 2.45) is 0 Å². The normalized spacial score (nSPS) is 16.8. The van der Waals surface area contributed by atoms with Gasteiger partial charge in [0.25, 0.3) is 0 Å². The van der Waals surface area contributed by atoms with Crippen LogP contribution in [0.5, 0.6) is 0 Å². The highest BCUT2D eigenvalue weighted by Gasteiger charge is 2.34. The molecular formula is C16H18ClF3N6OS. The van der Waals surface area contributed by atoms with Crippen molar-refractivity contribution in [2.45, 2.75) is 19.1 Å². The van der Waals surface area contributed by atoms with Gasteiger partial charge >= 0.3 is 6.18 Å². The van der Waals surface area contributed by atoms with Gasteiger partial charge < -0.3 is 16.0 Å². The van der Waals surface area contributed by atoms with Crippen LogP contribution in [0.3, 0.4) is 0 Å². The molecule has 0 aliphatic carbocycles. The van der Waals surface area contributed by atoms with E-state index in [1.54, 1.807) is 6.92 Å². The molecule has 0 saturated carbocycles. The molecule has 0 spiro atoms. The zero-order valence-corrected chi connectivity index (χ0v) is 16.4. The highest BCUT2D eigenvalue weighted by atomic mass is 35.5. The van der Waals surface area contributed by atoms with Gasteiger partial charge in [0.05, 0.1) is 16.6 Å². The van der Waals surface area contributed by atoms with Crippen molar-refractivity contribution in [3.8, 4) is 0 Å². The molecule has 7 nitrogen and oxygen atoms in total. The number of piperazine rings is 1. The summed E-state index contributed by atoms with van der Waals surface area (Å²) < 4.78 is 42.9. The first-order valence-electron chi connectivity index (χ1n) is 8.41. The van der Waals surface area contributed by atoms with Crippen molar-refractivity contribution in [3.05, 3.63) is 28.8 Å². The molecule has 152 valence electrons. The average Bonchev–Trinajstić information content (AvgIpc) is 3.08. The Kier molecular flexibility index (Phi) is 5.96. The number of nitrogens with two attached hydrogens (primary N) is 1. The van der Waals surface area contributed by atoms with Crippen LogP contribution in [0.1, 0.15) is 12.5 Å². The molecule has 1 aliphatic heterocycles. The first-order valence-corrected chi connectivity index (χ1v) is 9.56. The minimum Gasteiger partial charge on any atom is -0.367 e. The lowest BCUT2D eigenvalue weighted by atomic mass is 10.1. The van der Waals surface area contributed by atoms with Crippen LogP contribution in [0.25, 0.3) is 0 Å². The molecule has 1 amide bonds. The number of anilines is 3. The van der Waals surface area contributed by atoms with E-state index >= 15 is 0 Å². The summed E-state index contributed by atoms with van der Waals surface area (Å²) in [6.07, 6.45) is -4.59. The lowest BCUT2D eigenvalue weighted by Crippen LogP contribution is -2.52. The Morgan fingerprint density at radius 3 is 2.57 bits per heavy atom. The molecule has 28 heavy (non-hydrogen) atoms. The van der Waals surface area contributed by atoms with E-state index in [4.69, 9.17) is 17.3 Å². The second kappa shape index (κ2) is 8.10. The van der Waals surface area contributed by atoms with Crippen LogP contribution in [-0.4, -0.2) is 52.4 Å². The number of carbonyl (C=O) groups is 1. The smallest absolute Gasteiger partial charge is 0.367 e. The summed E-state index contributed by atoms with van der Waals surface area (Å²) in [6.45, 7) is 4.20. The predicted molar refractivity (Wildman–Crippen MR) is 103 cm³/mol. The molecule has 0 radical (unpaired) electrons. The van der Waals surface area contributed by atoms with E-state index in [-0.39, 0.29) is 17.5 Å². The summed E-state index contributed by atoms with van der Waals surface area (Å²) in [5, 5.41) is 2.86. The van der Waals surface area contributed by atoms with Crippen LogP contribution >= 0.6 is 23.1 Å². The Morgan fingerprint density at radius 1 is 1.32 bits per heavy atom. The maximum absolute atomic E-state index is 13.0. The van der Waals surface area contributed by atoms with Crippen LogP contribution in [0.2, 0.25) is 5.02 Å². The number of benzene rings is 1. The zero-order chi connectivity index (χ0) is 20.5. The third-order valence-corrected chi connectivity index (χ3v) is 5.60. The first-order chi connectivity index (χ1) is 13.1. The number of halogens is 4. The highest BCUT2D eigenvalue weighted by Crippen LogP contribution is 2.36. The van der Waals surface area contributed by atoms with Crippen molar-refractivity contribution in [1.82, 2.24) is 14.3 Å². The topological polar surface area (TPSA) is 87.4 Å². The Balaban J connectivity index is 1.60. The number of hydrogen-bond acceptors (Lipinski definition) is 7. The third-order valence-electron chi connectivity index (χ3n) is 4.48. The van der Waals surface area contributed by atoms with Crippen LogP contribution < -0.4 is 16.0 Å². The van der Waals surface area contributed by atoms with E-state index in [1.165, 1.54) is 17.6 Å². The fraction of sp³-hybridized carbons (Fsp3) is 0.438. The van der Waals surface area contributed by atoms with Crippen LogP contribution in [0.4, 0.5) is 29.9 Å². The molecule has 1 aromatic heterocycles. The first kappa shape index (κ1) is 20.6. The molecule has 3 N–H and O–H groups in total. The SMILES string of the molecule is C[C@H](C(=O)Nc1ccc(Cl)c(C(F)(F)F)c1)N1CCN(c2nc(N)ns2)CC1. The molecule has 2 aromatic rings. The minimum atomic E-state index is -4.59. The van der Waals surface area contributed by atoms with Crippen molar-refractivity contribution >= 4 is 45.8 Å². The molecule has 1 aliphatic rings. The summed E-state index contributed by atoms with van der Waals surface area (Å²) in [5.74, 6) is -0.152. The van der Waals surface area contributed by atoms with Crippen molar-refractivity contribution in [1.29, 1.82) is 0 Å². The number of hydrogen-bond donors (Lipinski definition) is 2. The van der Waals surface area contributed by atoms with E-state index in [9.17, 15) is 18.0 Å². The van der Waals surface area contributed by atoms with E-state index in [0.29, 0.717) is 26.2 Å². The van der Waals surface area contributed by atoms with Gasteiger partial charge in [0.15, 0.2) is 0 Å². The van der Waals surface area contributed by atoms with Gasteiger partial charge in [-0.3, -0.25) is 9.69 Å². The maximum Gasteiger partial charge on any atom is 0.417 e. The number of nitrogens with zero attached hydrogens (tertiary/aromatic N) is 4. The summed E-state index contributed by atoms with van der Waals surface area (Å²) in [7, 11) is 0. The Hall–Kier alpha value is -2.11. The molecular weight excluding hydrogens is 417 g/mol. The fourth-order valence-corrected chi connectivity index (χ4v) is 3.76. The number of carbonyl (C=O) groups excluding carboxylic acids is 1. The van der Waals surface area contributed by atoms with Gasteiger partial charge in [-0.2, -0.15) is 22.5 Å². The predicted octanol–water partition coefficient (Wildman–Crippen LogP) is 2.94. The van der Waals surface area contributed by atoms with Crippen molar-refractivity contribution in [2.75, 3.05) is 42.1 Å². The number of nitrogen functional groups attached to an aromatic ring is 1. The van der Waals surface area contributed by atoms with Gasteiger partial charge in [-0.1, -0.05) is 11.6 Å². The molecule has 1 atom stereocenters. The van der Waals surface area contributed by atoms with Gasteiger partial charge in [-0.05, 0) is 25.1 Å². The average molecular weight is 435 g/mol. The summed E-state index contributed by atoms with van der Waals surface area (Å²) >= 11 is 6.82. The summed E-state index contributed by atoms with van der Waals surface area (Å²) in [4.78, 5) is 20.6. The largest absolute Gasteiger partial charge is 0.417 e. The Morgan fingerprint density at radius 2 is 2.00 bits per heavy atom. The van der Waals surface area contributed by atoms with Gasteiger partial charge in [0, 0.05) is 43.4 Å².